The van der Waals surface area contributed by atoms with E-state index >= 15 is 0 Å². The van der Waals surface area contributed by atoms with E-state index in [-0.39, 0.29) is 5.78 Å². The maximum Gasteiger partial charge on any atom is 0.174 e. The molecule has 1 heterocycles. The van der Waals surface area contributed by atoms with Crippen molar-refractivity contribution in [2.24, 2.45) is 0 Å². The third-order valence-electron chi connectivity index (χ3n) is 3.39. The highest BCUT2D eigenvalue weighted by molar-refractivity contribution is 9.10. The molecule has 2 aromatic rings. The van der Waals surface area contributed by atoms with Gasteiger partial charge in [0.25, 0.3) is 0 Å². The van der Waals surface area contributed by atoms with Crippen LogP contribution in [-0.2, 0) is 6.54 Å². The summed E-state index contributed by atoms with van der Waals surface area (Å²) in [6, 6.07) is 9.99. The number of thioether (sulfide) groups is 1. The first kappa shape index (κ1) is 15.4. The van der Waals surface area contributed by atoms with Gasteiger partial charge < -0.3 is 4.57 Å². The molecule has 0 bridgehead atoms. The number of halogens is 1. The number of benzene rings is 1. The van der Waals surface area contributed by atoms with Gasteiger partial charge in [-0.1, -0.05) is 12.1 Å². The summed E-state index contributed by atoms with van der Waals surface area (Å²) in [6.45, 7) is 7.08. The van der Waals surface area contributed by atoms with Gasteiger partial charge in [0.1, 0.15) is 0 Å². The molecule has 4 heteroatoms. The number of carbonyl (C=O) groups excluding carboxylic acids is 1. The van der Waals surface area contributed by atoms with Gasteiger partial charge in [0.15, 0.2) is 5.78 Å². The lowest BCUT2D eigenvalue weighted by Crippen LogP contribution is -2.05. The molecule has 20 heavy (non-hydrogen) atoms. The minimum atomic E-state index is 0.193. The van der Waals surface area contributed by atoms with Gasteiger partial charge in [-0.2, -0.15) is 0 Å². The summed E-state index contributed by atoms with van der Waals surface area (Å²) in [4.78, 5) is 13.5. The fourth-order valence-corrected chi connectivity index (χ4v) is 3.80. The van der Waals surface area contributed by atoms with Crippen molar-refractivity contribution in [3.8, 4) is 0 Å². The van der Waals surface area contributed by atoms with Gasteiger partial charge in [-0.15, -0.1) is 11.8 Å². The van der Waals surface area contributed by atoms with Crippen LogP contribution >= 0.6 is 27.7 Å². The minimum Gasteiger partial charge on any atom is -0.349 e. The molecule has 0 aliphatic carbocycles. The Labute approximate surface area is 132 Å². The smallest absolute Gasteiger partial charge is 0.174 e. The lowest BCUT2D eigenvalue weighted by molar-refractivity contribution is 0.102. The molecule has 106 valence electrons. The quantitative estimate of drug-likeness (QED) is 0.566. The van der Waals surface area contributed by atoms with E-state index in [0.717, 1.165) is 32.9 Å². The number of hydrogen-bond donors (Lipinski definition) is 0. The molecular formula is C16H18BrNOS. The average molecular weight is 352 g/mol. The van der Waals surface area contributed by atoms with Crippen LogP contribution in [0.4, 0.5) is 0 Å². The summed E-state index contributed by atoms with van der Waals surface area (Å²) in [5.74, 6) is 0.662. The standard InChI is InChI=1S/C16H18BrNOS/c1-4-18-11(2)9-13(12(18)3)15(19)10-20-16-8-6-5-7-14(16)17/h5-9H,4,10H2,1-3H3. The molecule has 0 aliphatic rings. The van der Waals surface area contributed by atoms with Crippen molar-refractivity contribution in [1.29, 1.82) is 0 Å². The summed E-state index contributed by atoms with van der Waals surface area (Å²) >= 11 is 5.08. The van der Waals surface area contributed by atoms with E-state index in [1.165, 1.54) is 0 Å². The Balaban J connectivity index is 2.12. The number of carbonyl (C=O) groups is 1. The summed E-state index contributed by atoms with van der Waals surface area (Å²) < 4.78 is 3.22. The zero-order chi connectivity index (χ0) is 14.7. The second-order valence-corrected chi connectivity index (χ2v) is 6.54. The topological polar surface area (TPSA) is 22.0 Å². The van der Waals surface area contributed by atoms with Crippen molar-refractivity contribution in [2.75, 3.05) is 5.75 Å². The molecule has 0 atom stereocenters. The maximum atomic E-state index is 12.4. The molecule has 0 amide bonds. The Morgan fingerprint density at radius 1 is 1.30 bits per heavy atom. The predicted molar refractivity (Wildman–Crippen MR) is 88.8 cm³/mol. The summed E-state index contributed by atoms with van der Waals surface area (Å²) in [5.41, 5.74) is 3.07. The molecule has 0 spiro atoms. The number of rotatable bonds is 5. The van der Waals surface area contributed by atoms with E-state index in [1.54, 1.807) is 11.8 Å². The number of hydrogen-bond acceptors (Lipinski definition) is 2. The fraction of sp³-hybridized carbons (Fsp3) is 0.312. The van der Waals surface area contributed by atoms with Gasteiger partial charge in [-0.3, -0.25) is 4.79 Å². The number of aromatic nitrogens is 1. The summed E-state index contributed by atoms with van der Waals surface area (Å²) in [5, 5.41) is 0. The molecule has 2 rings (SSSR count). The van der Waals surface area contributed by atoms with Crippen molar-refractivity contribution < 1.29 is 4.79 Å². The number of aryl methyl sites for hydroxylation is 1. The molecule has 1 aromatic heterocycles. The SMILES string of the molecule is CCn1c(C)cc(C(=O)CSc2ccccc2Br)c1C. The van der Waals surface area contributed by atoms with Crippen LogP contribution < -0.4 is 0 Å². The molecule has 0 aliphatic heterocycles. The second kappa shape index (κ2) is 6.64. The third kappa shape index (κ3) is 3.18. The molecule has 0 fully saturated rings. The minimum absolute atomic E-state index is 0.193. The van der Waals surface area contributed by atoms with Crippen LogP contribution in [0, 0.1) is 13.8 Å². The van der Waals surface area contributed by atoms with Crippen LogP contribution in [0.1, 0.15) is 28.7 Å². The number of ketones is 1. The second-order valence-electron chi connectivity index (χ2n) is 4.67. The van der Waals surface area contributed by atoms with E-state index in [2.05, 4.69) is 27.4 Å². The van der Waals surface area contributed by atoms with Gasteiger partial charge in [0.05, 0.1) is 5.75 Å². The predicted octanol–water partition coefficient (Wildman–Crippen LogP) is 4.86. The third-order valence-corrected chi connectivity index (χ3v) is 5.41. The fourth-order valence-electron chi connectivity index (χ4n) is 2.35. The van der Waals surface area contributed by atoms with Gasteiger partial charge in [0, 0.05) is 32.9 Å². The molecule has 1 aromatic carbocycles. The van der Waals surface area contributed by atoms with Crippen LogP contribution in [0.5, 0.6) is 0 Å². The molecule has 2 nitrogen and oxygen atoms in total. The van der Waals surface area contributed by atoms with Gasteiger partial charge in [0.2, 0.25) is 0 Å². The Bertz CT molecular complexity index is 633. The van der Waals surface area contributed by atoms with Crippen LogP contribution in [0.3, 0.4) is 0 Å². The van der Waals surface area contributed by atoms with E-state index in [4.69, 9.17) is 0 Å². The van der Waals surface area contributed by atoms with E-state index < -0.39 is 0 Å². The van der Waals surface area contributed by atoms with E-state index in [9.17, 15) is 4.79 Å². The lowest BCUT2D eigenvalue weighted by atomic mass is 10.2. The molecular weight excluding hydrogens is 334 g/mol. The first-order chi connectivity index (χ1) is 9.54. The van der Waals surface area contributed by atoms with Crippen molar-refractivity contribution in [1.82, 2.24) is 4.57 Å². The number of nitrogens with zero attached hydrogens (tertiary/aromatic N) is 1. The average Bonchev–Trinajstić information content (AvgIpc) is 2.72. The van der Waals surface area contributed by atoms with Gasteiger partial charge in [-0.05, 0) is 54.9 Å². The molecule has 0 radical (unpaired) electrons. The highest BCUT2D eigenvalue weighted by atomic mass is 79.9. The van der Waals surface area contributed by atoms with Crippen molar-refractivity contribution in [3.05, 3.63) is 51.8 Å². The van der Waals surface area contributed by atoms with Crippen molar-refractivity contribution in [3.63, 3.8) is 0 Å². The molecule has 0 saturated heterocycles. The summed E-state index contributed by atoms with van der Waals surface area (Å²) in [7, 11) is 0. The Morgan fingerprint density at radius 2 is 2.00 bits per heavy atom. The Hall–Kier alpha value is -1.00. The zero-order valence-electron chi connectivity index (χ0n) is 11.9. The van der Waals surface area contributed by atoms with Crippen molar-refractivity contribution in [2.45, 2.75) is 32.2 Å². The normalized spacial score (nSPS) is 10.8. The van der Waals surface area contributed by atoms with Crippen molar-refractivity contribution >= 4 is 33.5 Å². The monoisotopic (exact) mass is 351 g/mol. The molecule has 0 unspecified atom stereocenters. The zero-order valence-corrected chi connectivity index (χ0v) is 14.3. The molecule has 0 saturated carbocycles. The van der Waals surface area contributed by atoms with Crippen LogP contribution in [0.25, 0.3) is 0 Å². The highest BCUT2D eigenvalue weighted by Crippen LogP contribution is 2.28. The van der Waals surface area contributed by atoms with Gasteiger partial charge in [-0.25, -0.2) is 0 Å². The molecule has 0 N–H and O–H groups in total. The first-order valence-electron chi connectivity index (χ1n) is 6.61. The first-order valence-corrected chi connectivity index (χ1v) is 8.39. The van der Waals surface area contributed by atoms with Crippen LogP contribution in [-0.4, -0.2) is 16.1 Å². The number of Topliss-reactive ketones (excluding diaryl/α,β-unsaturated/α-hetero) is 1. The van der Waals surface area contributed by atoms with E-state index in [1.807, 2.05) is 44.2 Å². The van der Waals surface area contributed by atoms with E-state index in [0.29, 0.717) is 5.75 Å². The Kier molecular flexibility index (Phi) is 5.11. The largest absolute Gasteiger partial charge is 0.349 e. The summed E-state index contributed by atoms with van der Waals surface area (Å²) in [6.07, 6.45) is 0. The van der Waals surface area contributed by atoms with Crippen LogP contribution in [0.2, 0.25) is 0 Å². The lowest BCUT2D eigenvalue weighted by Gasteiger charge is -2.06. The maximum absolute atomic E-state index is 12.4. The highest BCUT2D eigenvalue weighted by Gasteiger charge is 2.15. The van der Waals surface area contributed by atoms with Crippen LogP contribution in [0.15, 0.2) is 39.7 Å². The van der Waals surface area contributed by atoms with Gasteiger partial charge >= 0.3 is 0 Å². The Morgan fingerprint density at radius 3 is 2.60 bits per heavy atom.